The third-order valence-electron chi connectivity index (χ3n) is 6.85. The van der Waals surface area contributed by atoms with E-state index >= 15 is 0 Å². The van der Waals surface area contributed by atoms with Gasteiger partial charge in [-0.15, -0.1) is 4.36 Å². The molecule has 0 fully saturated rings. The molecule has 0 bridgehead atoms. The van der Waals surface area contributed by atoms with Crippen LogP contribution in [0.1, 0.15) is 63.1 Å². The summed E-state index contributed by atoms with van der Waals surface area (Å²) in [7, 11) is -2.56. The molecule has 2 N–H and O–H groups in total. The van der Waals surface area contributed by atoms with Crippen molar-refractivity contribution in [3.63, 3.8) is 0 Å². The third-order valence-corrected chi connectivity index (χ3v) is 7.21. The number of rotatable bonds is 11. The molecule has 0 spiro atoms. The highest BCUT2D eigenvalue weighted by molar-refractivity contribution is 7.61. The molecule has 0 radical (unpaired) electrons. The van der Waals surface area contributed by atoms with Crippen LogP contribution in [0.2, 0.25) is 0 Å². The molecule has 0 saturated carbocycles. The first kappa shape index (κ1) is 35.2. The van der Waals surface area contributed by atoms with Crippen molar-refractivity contribution in [3.05, 3.63) is 102 Å². The molecule has 0 aliphatic heterocycles. The van der Waals surface area contributed by atoms with Crippen LogP contribution >= 0.6 is 0 Å². The van der Waals surface area contributed by atoms with Crippen molar-refractivity contribution >= 4 is 39.0 Å². The van der Waals surface area contributed by atoms with Crippen molar-refractivity contribution in [2.24, 2.45) is 9.78 Å². The monoisotopic (exact) mass is 635 g/mol. The fraction of sp³-hybridized carbons (Fsp3) is 0.353. The van der Waals surface area contributed by atoms with E-state index in [4.69, 9.17) is 9.47 Å². The quantitative estimate of drug-likeness (QED) is 0.147. The van der Waals surface area contributed by atoms with E-state index in [0.717, 1.165) is 17.3 Å². The summed E-state index contributed by atoms with van der Waals surface area (Å²) in [5.74, 6) is -1.02. The summed E-state index contributed by atoms with van der Waals surface area (Å²) >= 11 is 0. The first-order valence-electron chi connectivity index (χ1n) is 14.5. The molecule has 1 atom stereocenters. The van der Waals surface area contributed by atoms with Gasteiger partial charge in [-0.3, -0.25) is 4.79 Å². The summed E-state index contributed by atoms with van der Waals surface area (Å²) < 4.78 is 37.3. The number of β-amino-alcohol motifs (C(OH)–C–C–N with tert-alkyl or cyclic N) is 1. The van der Waals surface area contributed by atoms with Gasteiger partial charge < -0.3 is 24.5 Å². The van der Waals surface area contributed by atoms with Crippen molar-refractivity contribution < 1.29 is 32.6 Å². The summed E-state index contributed by atoms with van der Waals surface area (Å²) in [5.41, 5.74) is 1.16. The van der Waals surface area contributed by atoms with Gasteiger partial charge in [-0.25, -0.2) is 4.79 Å². The Balaban J connectivity index is 0.000000821. The third kappa shape index (κ3) is 11.6. The van der Waals surface area contributed by atoms with Gasteiger partial charge in [0.2, 0.25) is 6.79 Å². The number of hydrogen-bond acceptors (Lipinski definition) is 9. The van der Waals surface area contributed by atoms with E-state index < -0.39 is 40.8 Å². The summed E-state index contributed by atoms with van der Waals surface area (Å²) in [4.78, 5) is 24.2. The molecule has 0 amide bonds. The summed E-state index contributed by atoms with van der Waals surface area (Å²) in [6.07, 6.45) is 1.86. The second kappa shape index (κ2) is 16.1. The molecule has 0 aliphatic carbocycles. The minimum absolute atomic E-state index is 0.263. The van der Waals surface area contributed by atoms with Gasteiger partial charge in [-0.1, -0.05) is 48.5 Å². The second-order valence-electron chi connectivity index (χ2n) is 12.1. The van der Waals surface area contributed by atoms with Gasteiger partial charge in [0.25, 0.3) is 0 Å². The first-order valence-corrected chi connectivity index (χ1v) is 15.6. The van der Waals surface area contributed by atoms with Crippen molar-refractivity contribution in [1.82, 2.24) is 9.88 Å². The van der Waals surface area contributed by atoms with Crippen LogP contribution in [0.5, 0.6) is 0 Å². The summed E-state index contributed by atoms with van der Waals surface area (Å²) in [5, 5.41) is 14.9. The van der Waals surface area contributed by atoms with Crippen LogP contribution in [-0.2, 0) is 31.3 Å². The molecule has 0 saturated heterocycles. The van der Waals surface area contributed by atoms with E-state index in [1.807, 2.05) is 68.6 Å². The number of aliphatic hydroxyl groups excluding tert-OH is 1. The molecule has 1 heterocycles. The SMILES string of the molecule is CC(C)(CCn1ccc2cc(C(=O)OCOC(=O)C(C)(C)C)ccc21)NCC(O)c1cccc(N=S(=O)=O)c1.c1ccccc1. The van der Waals surface area contributed by atoms with Crippen LogP contribution < -0.4 is 5.32 Å². The van der Waals surface area contributed by atoms with Crippen LogP contribution in [0.25, 0.3) is 10.9 Å². The Kier molecular flexibility index (Phi) is 12.6. The Morgan fingerprint density at radius 3 is 2.20 bits per heavy atom. The first-order chi connectivity index (χ1) is 21.2. The topological polar surface area (TPSA) is 136 Å². The lowest BCUT2D eigenvalue weighted by Crippen LogP contribution is -2.42. The Labute approximate surface area is 265 Å². The smallest absolute Gasteiger partial charge is 0.341 e. The van der Waals surface area contributed by atoms with Gasteiger partial charge in [0.05, 0.1) is 22.8 Å². The molecular weight excluding hydrogens is 594 g/mol. The van der Waals surface area contributed by atoms with E-state index in [1.165, 1.54) is 0 Å². The molecule has 0 aliphatic rings. The number of hydrogen-bond donors (Lipinski definition) is 2. The van der Waals surface area contributed by atoms with Gasteiger partial charge in [0, 0.05) is 35.7 Å². The molecule has 45 heavy (non-hydrogen) atoms. The van der Waals surface area contributed by atoms with Crippen LogP contribution in [0, 0.1) is 5.41 Å². The van der Waals surface area contributed by atoms with Crippen LogP contribution in [-0.4, -0.2) is 48.9 Å². The zero-order valence-electron chi connectivity index (χ0n) is 26.3. The molecule has 1 aromatic heterocycles. The average molecular weight is 636 g/mol. The highest BCUT2D eigenvalue weighted by Gasteiger charge is 2.24. The number of nitrogens with zero attached hydrogens (tertiary/aromatic N) is 2. The molecule has 1 unspecified atom stereocenters. The van der Waals surface area contributed by atoms with Gasteiger partial charge in [0.15, 0.2) is 0 Å². The Bertz CT molecular complexity index is 1670. The van der Waals surface area contributed by atoms with Gasteiger partial charge in [0.1, 0.15) is 0 Å². The van der Waals surface area contributed by atoms with E-state index in [2.05, 4.69) is 14.2 Å². The zero-order valence-corrected chi connectivity index (χ0v) is 27.1. The number of carbonyl (C=O) groups is 2. The number of carbonyl (C=O) groups excluding carboxylic acids is 2. The predicted octanol–water partition coefficient (Wildman–Crippen LogP) is 6.22. The maximum absolute atomic E-state index is 12.4. The van der Waals surface area contributed by atoms with Crippen molar-refractivity contribution in [3.8, 4) is 0 Å². The minimum Gasteiger partial charge on any atom is -0.427 e. The molecular formula is C34H41N3O7S. The number of esters is 2. The van der Waals surface area contributed by atoms with Crippen LogP contribution in [0.4, 0.5) is 5.69 Å². The Morgan fingerprint density at radius 1 is 0.911 bits per heavy atom. The van der Waals surface area contributed by atoms with Gasteiger partial charge >= 0.3 is 22.4 Å². The van der Waals surface area contributed by atoms with Gasteiger partial charge in [-0.2, -0.15) is 8.42 Å². The maximum atomic E-state index is 12.4. The number of ether oxygens (including phenoxy) is 2. The fourth-order valence-electron chi connectivity index (χ4n) is 4.20. The highest BCUT2D eigenvalue weighted by atomic mass is 32.2. The molecule has 240 valence electrons. The number of aryl methyl sites for hydroxylation is 1. The highest BCUT2D eigenvalue weighted by Crippen LogP contribution is 2.23. The van der Waals surface area contributed by atoms with Crippen molar-refractivity contribution in [2.75, 3.05) is 13.3 Å². The number of nitrogens with one attached hydrogen (secondary N) is 1. The fourth-order valence-corrected chi connectivity index (χ4v) is 4.48. The zero-order chi connectivity index (χ0) is 33.0. The summed E-state index contributed by atoms with van der Waals surface area (Å²) in [6, 6.07) is 25.7. The van der Waals surface area contributed by atoms with Crippen molar-refractivity contribution in [1.29, 1.82) is 0 Å². The molecule has 11 heteroatoms. The number of benzene rings is 3. The summed E-state index contributed by atoms with van der Waals surface area (Å²) in [6.45, 7) is 9.77. The number of aromatic nitrogens is 1. The average Bonchev–Trinajstić information content (AvgIpc) is 3.41. The number of fused-ring (bicyclic) bond motifs is 1. The molecule has 10 nitrogen and oxygen atoms in total. The van der Waals surface area contributed by atoms with E-state index in [-0.39, 0.29) is 17.8 Å². The van der Waals surface area contributed by atoms with Crippen LogP contribution in [0.15, 0.2) is 95.5 Å². The largest absolute Gasteiger partial charge is 0.427 e. The lowest BCUT2D eigenvalue weighted by atomic mass is 9.98. The van der Waals surface area contributed by atoms with Crippen molar-refractivity contribution in [2.45, 2.75) is 59.2 Å². The molecule has 3 aromatic carbocycles. The number of aliphatic hydroxyl groups is 1. The van der Waals surface area contributed by atoms with E-state index in [9.17, 15) is 23.1 Å². The standard InChI is InChI=1S/C28H35N3O7S.C6H6/c1-27(2,3)26(34)38-18-37-25(33)21-9-10-23-19(15-21)11-13-31(23)14-12-28(4,5)29-17-24(32)20-7-6-8-22(16-20)30-39(35)36;1-2-4-6-5-3-1/h6-11,13,15-16,24,29,32H,12,14,17-18H2,1-5H3;1-6H. The van der Waals surface area contributed by atoms with Crippen LogP contribution in [0.3, 0.4) is 0 Å². The lowest BCUT2D eigenvalue weighted by molar-refractivity contribution is -0.161. The minimum atomic E-state index is -2.56. The Hall–Kier alpha value is -4.32. The maximum Gasteiger partial charge on any atom is 0.341 e. The lowest BCUT2D eigenvalue weighted by Gasteiger charge is -2.28. The van der Waals surface area contributed by atoms with E-state index in [0.29, 0.717) is 17.7 Å². The van der Waals surface area contributed by atoms with E-state index in [1.54, 1.807) is 57.2 Å². The Morgan fingerprint density at radius 2 is 1.58 bits per heavy atom. The second-order valence-corrected chi connectivity index (χ2v) is 12.7. The molecule has 4 aromatic rings. The molecule has 4 rings (SSSR count). The van der Waals surface area contributed by atoms with Gasteiger partial charge in [-0.05, 0) is 83.0 Å². The predicted molar refractivity (Wildman–Crippen MR) is 173 cm³/mol. The normalized spacial score (nSPS) is 12.0.